The highest BCUT2D eigenvalue weighted by Crippen LogP contribution is 2.19. The number of nitrogens with zero attached hydrogens (tertiary/aromatic N) is 1. The second-order valence-electron chi connectivity index (χ2n) is 7.50. The van der Waals surface area contributed by atoms with Gasteiger partial charge in [-0.25, -0.2) is 0 Å². The van der Waals surface area contributed by atoms with Gasteiger partial charge in [0.25, 0.3) is 0 Å². The number of hydrogen-bond donors (Lipinski definition) is 1. The first kappa shape index (κ1) is 24.0. The molecule has 1 unspecified atom stereocenters. The molecule has 2 aromatic rings. The lowest BCUT2D eigenvalue weighted by atomic mass is 10.1. The average Bonchev–Trinajstić information content (AvgIpc) is 2.75. The smallest absolute Gasteiger partial charge is 0.242 e. The van der Waals surface area contributed by atoms with Crippen LogP contribution in [0, 0.1) is 6.92 Å². The van der Waals surface area contributed by atoms with Gasteiger partial charge in [0, 0.05) is 18.8 Å². The van der Waals surface area contributed by atoms with Crippen LogP contribution in [-0.4, -0.2) is 35.1 Å². The fourth-order valence-corrected chi connectivity index (χ4v) is 4.30. The topological polar surface area (TPSA) is 49.4 Å². The van der Waals surface area contributed by atoms with Crippen LogP contribution in [0.3, 0.4) is 0 Å². The SMILES string of the molecule is CCCCNC(=O)C(CC)N(Cc1ccccc1)C(=O)CSCc1ccccc1C. The van der Waals surface area contributed by atoms with E-state index in [0.717, 1.165) is 24.2 Å². The molecule has 30 heavy (non-hydrogen) atoms. The van der Waals surface area contributed by atoms with E-state index >= 15 is 0 Å². The summed E-state index contributed by atoms with van der Waals surface area (Å²) in [6.07, 6.45) is 2.57. The second-order valence-corrected chi connectivity index (χ2v) is 8.48. The molecular weight excluding hydrogens is 392 g/mol. The standard InChI is InChI=1S/C25H34N2O2S/c1-4-6-16-26-25(29)23(5-2)27(17-21-13-8-7-9-14-21)24(28)19-30-18-22-15-11-10-12-20(22)3/h7-15,23H,4-6,16-19H2,1-3H3,(H,26,29). The van der Waals surface area contributed by atoms with Crippen molar-refractivity contribution in [2.24, 2.45) is 0 Å². The first-order chi connectivity index (χ1) is 14.6. The monoisotopic (exact) mass is 426 g/mol. The van der Waals surface area contributed by atoms with Crippen LogP contribution in [0.1, 0.15) is 49.8 Å². The molecule has 4 nitrogen and oxygen atoms in total. The Morgan fingerprint density at radius 2 is 1.73 bits per heavy atom. The lowest BCUT2D eigenvalue weighted by Crippen LogP contribution is -2.49. The van der Waals surface area contributed by atoms with Gasteiger partial charge in [0.15, 0.2) is 0 Å². The minimum Gasteiger partial charge on any atom is -0.354 e. The summed E-state index contributed by atoms with van der Waals surface area (Å²) in [7, 11) is 0. The maximum atomic E-state index is 13.2. The highest BCUT2D eigenvalue weighted by Gasteiger charge is 2.28. The van der Waals surface area contributed by atoms with Crippen molar-refractivity contribution in [2.75, 3.05) is 12.3 Å². The molecule has 5 heteroatoms. The number of aryl methyl sites for hydroxylation is 1. The summed E-state index contributed by atoms with van der Waals surface area (Å²) in [5.74, 6) is 1.10. The second kappa shape index (κ2) is 13.1. The molecule has 0 fully saturated rings. The molecule has 0 spiro atoms. The molecule has 0 saturated heterocycles. The molecule has 0 bridgehead atoms. The average molecular weight is 427 g/mol. The van der Waals surface area contributed by atoms with Crippen molar-refractivity contribution < 1.29 is 9.59 Å². The Kier molecular flexibility index (Phi) is 10.5. The highest BCUT2D eigenvalue weighted by molar-refractivity contribution is 7.99. The fourth-order valence-electron chi connectivity index (χ4n) is 3.31. The molecule has 0 saturated carbocycles. The zero-order valence-electron chi connectivity index (χ0n) is 18.4. The van der Waals surface area contributed by atoms with E-state index in [0.29, 0.717) is 25.3 Å². The van der Waals surface area contributed by atoms with Crippen molar-refractivity contribution >= 4 is 23.6 Å². The molecule has 0 radical (unpaired) electrons. The van der Waals surface area contributed by atoms with E-state index in [4.69, 9.17) is 0 Å². The Labute approximate surface area is 185 Å². The van der Waals surface area contributed by atoms with Gasteiger partial charge in [-0.1, -0.05) is 74.9 Å². The molecule has 0 aromatic heterocycles. The first-order valence-electron chi connectivity index (χ1n) is 10.8. The van der Waals surface area contributed by atoms with Gasteiger partial charge in [-0.15, -0.1) is 11.8 Å². The third-order valence-corrected chi connectivity index (χ3v) is 6.12. The van der Waals surface area contributed by atoms with Crippen molar-refractivity contribution in [1.29, 1.82) is 0 Å². The van der Waals surface area contributed by atoms with Gasteiger partial charge in [-0.2, -0.15) is 0 Å². The number of thioether (sulfide) groups is 1. The van der Waals surface area contributed by atoms with Crippen LogP contribution in [0.2, 0.25) is 0 Å². The van der Waals surface area contributed by atoms with Gasteiger partial charge in [-0.05, 0) is 36.5 Å². The minimum atomic E-state index is -0.450. The van der Waals surface area contributed by atoms with E-state index in [2.05, 4.69) is 31.3 Å². The third kappa shape index (κ3) is 7.52. The van der Waals surface area contributed by atoms with E-state index in [1.54, 1.807) is 16.7 Å². The van der Waals surface area contributed by atoms with Gasteiger partial charge >= 0.3 is 0 Å². The predicted molar refractivity (Wildman–Crippen MR) is 126 cm³/mol. The van der Waals surface area contributed by atoms with Crippen LogP contribution in [0.4, 0.5) is 0 Å². The summed E-state index contributed by atoms with van der Waals surface area (Å²) in [5, 5.41) is 3.01. The van der Waals surface area contributed by atoms with Crippen molar-refractivity contribution in [3.8, 4) is 0 Å². The molecule has 2 amide bonds. The maximum absolute atomic E-state index is 13.2. The summed E-state index contributed by atoms with van der Waals surface area (Å²) in [6.45, 7) is 7.26. The molecule has 0 heterocycles. The van der Waals surface area contributed by atoms with Crippen LogP contribution in [0.25, 0.3) is 0 Å². The third-order valence-electron chi connectivity index (χ3n) is 5.16. The van der Waals surface area contributed by atoms with E-state index in [9.17, 15) is 9.59 Å². The number of unbranched alkanes of at least 4 members (excludes halogenated alkanes) is 1. The Morgan fingerprint density at radius 3 is 2.40 bits per heavy atom. The van der Waals surface area contributed by atoms with E-state index in [-0.39, 0.29) is 11.8 Å². The Bertz CT molecular complexity index is 795. The molecular formula is C25H34N2O2S. The van der Waals surface area contributed by atoms with Crippen LogP contribution < -0.4 is 5.32 Å². The van der Waals surface area contributed by atoms with Crippen molar-refractivity contribution in [3.05, 3.63) is 71.3 Å². The zero-order chi connectivity index (χ0) is 21.8. The predicted octanol–water partition coefficient (Wildman–Crippen LogP) is 4.95. The summed E-state index contributed by atoms with van der Waals surface area (Å²) in [6, 6.07) is 17.7. The Hall–Kier alpha value is -2.27. The van der Waals surface area contributed by atoms with Crippen LogP contribution >= 0.6 is 11.8 Å². The van der Waals surface area contributed by atoms with Crippen LogP contribution in [0.15, 0.2) is 54.6 Å². The van der Waals surface area contributed by atoms with Gasteiger partial charge in [0.1, 0.15) is 6.04 Å². The number of benzene rings is 2. The quantitative estimate of drug-likeness (QED) is 0.489. The van der Waals surface area contributed by atoms with Gasteiger partial charge < -0.3 is 10.2 Å². The van der Waals surface area contributed by atoms with Crippen LogP contribution in [-0.2, 0) is 21.9 Å². The van der Waals surface area contributed by atoms with Crippen LogP contribution in [0.5, 0.6) is 0 Å². The number of rotatable bonds is 12. The number of amides is 2. The van der Waals surface area contributed by atoms with E-state index < -0.39 is 6.04 Å². The molecule has 2 aromatic carbocycles. The molecule has 0 aliphatic rings. The van der Waals surface area contributed by atoms with Gasteiger partial charge in [0.2, 0.25) is 11.8 Å². The lowest BCUT2D eigenvalue weighted by molar-refractivity contribution is -0.139. The van der Waals surface area contributed by atoms with Crippen molar-refractivity contribution in [2.45, 2.75) is 58.4 Å². The number of nitrogens with one attached hydrogen (secondary N) is 1. The van der Waals surface area contributed by atoms with Gasteiger partial charge in [-0.3, -0.25) is 9.59 Å². The summed E-state index contributed by atoms with van der Waals surface area (Å²) in [4.78, 5) is 27.7. The highest BCUT2D eigenvalue weighted by atomic mass is 32.2. The summed E-state index contributed by atoms with van der Waals surface area (Å²) >= 11 is 1.61. The lowest BCUT2D eigenvalue weighted by Gasteiger charge is -2.30. The van der Waals surface area contributed by atoms with Crippen molar-refractivity contribution in [3.63, 3.8) is 0 Å². The molecule has 2 rings (SSSR count). The minimum absolute atomic E-state index is 0.00919. The van der Waals surface area contributed by atoms with E-state index in [1.807, 2.05) is 49.4 Å². The normalized spacial score (nSPS) is 11.7. The maximum Gasteiger partial charge on any atom is 0.242 e. The zero-order valence-corrected chi connectivity index (χ0v) is 19.2. The largest absolute Gasteiger partial charge is 0.354 e. The molecule has 1 atom stereocenters. The fraction of sp³-hybridized carbons (Fsp3) is 0.440. The first-order valence-corrected chi connectivity index (χ1v) is 12.0. The Balaban J connectivity index is 2.07. The molecule has 0 aliphatic carbocycles. The van der Waals surface area contributed by atoms with Gasteiger partial charge in [0.05, 0.1) is 5.75 Å². The van der Waals surface area contributed by atoms with E-state index in [1.165, 1.54) is 11.1 Å². The molecule has 162 valence electrons. The number of hydrogen-bond acceptors (Lipinski definition) is 3. The summed E-state index contributed by atoms with van der Waals surface area (Å²) in [5.41, 5.74) is 3.52. The molecule has 0 aliphatic heterocycles. The number of carbonyl (C=O) groups is 2. The Morgan fingerprint density at radius 1 is 1.03 bits per heavy atom. The number of carbonyl (C=O) groups excluding carboxylic acids is 2. The summed E-state index contributed by atoms with van der Waals surface area (Å²) < 4.78 is 0. The van der Waals surface area contributed by atoms with Crippen molar-refractivity contribution in [1.82, 2.24) is 10.2 Å². The molecule has 1 N–H and O–H groups in total.